The molecule has 1 unspecified atom stereocenters. The van der Waals surface area contributed by atoms with Crippen molar-refractivity contribution in [3.8, 4) is 0 Å². The van der Waals surface area contributed by atoms with Gasteiger partial charge in [-0.1, -0.05) is 0 Å². The maximum Gasteiger partial charge on any atom is 0.338 e. The Morgan fingerprint density at radius 3 is 2.58 bits per heavy atom. The average molecular weight is 402 g/mol. The number of hydrogen-bond donors (Lipinski definition) is 3. The molecule has 0 aliphatic carbocycles. The van der Waals surface area contributed by atoms with E-state index in [9.17, 15) is 27.1 Å². The summed E-state index contributed by atoms with van der Waals surface area (Å²) in [6.45, 7) is 2.40. The van der Waals surface area contributed by atoms with E-state index in [0.29, 0.717) is 36.0 Å². The van der Waals surface area contributed by atoms with Gasteiger partial charge in [-0.3, -0.25) is 0 Å². The normalized spacial score (nSPS) is 15.5. The van der Waals surface area contributed by atoms with Gasteiger partial charge >= 0.3 is 5.97 Å². The summed E-state index contributed by atoms with van der Waals surface area (Å²) in [5.41, 5.74) is 0.397. The lowest BCUT2D eigenvalue weighted by molar-refractivity contribution is 0.0692. The SMILES string of the molecule is CC(NS(=O)(=O)c1sc2c(c1C(=O)O)CCNC2)c1cc(F)cc(F)c1. The predicted octanol–water partition coefficient (Wildman–Crippen LogP) is 2.41. The third-order valence-electron chi connectivity index (χ3n) is 4.07. The average Bonchev–Trinajstić information content (AvgIpc) is 2.94. The molecule has 26 heavy (non-hydrogen) atoms. The number of thiophene rings is 1. The van der Waals surface area contributed by atoms with Crippen LogP contribution in [0.4, 0.5) is 8.78 Å². The van der Waals surface area contributed by atoms with E-state index in [4.69, 9.17) is 0 Å². The Labute approximate surface area is 152 Å². The molecule has 3 N–H and O–H groups in total. The fourth-order valence-corrected chi connectivity index (χ4v) is 6.01. The largest absolute Gasteiger partial charge is 0.478 e. The molecule has 0 bridgehead atoms. The lowest BCUT2D eigenvalue weighted by Crippen LogP contribution is -2.28. The van der Waals surface area contributed by atoms with Crippen LogP contribution in [0, 0.1) is 11.6 Å². The highest BCUT2D eigenvalue weighted by molar-refractivity contribution is 7.91. The fraction of sp³-hybridized carbons (Fsp3) is 0.312. The van der Waals surface area contributed by atoms with Crippen LogP contribution in [0.2, 0.25) is 0 Å². The molecule has 6 nitrogen and oxygen atoms in total. The zero-order chi connectivity index (χ0) is 19.1. The molecular formula is C16H16F2N2O4S2. The number of benzene rings is 1. The van der Waals surface area contributed by atoms with E-state index in [2.05, 4.69) is 10.0 Å². The van der Waals surface area contributed by atoms with Gasteiger partial charge in [-0.2, -0.15) is 0 Å². The molecule has 0 saturated heterocycles. The van der Waals surface area contributed by atoms with Crippen LogP contribution in [0.1, 0.15) is 39.3 Å². The lowest BCUT2D eigenvalue weighted by atomic mass is 10.1. The molecule has 2 heterocycles. The summed E-state index contributed by atoms with van der Waals surface area (Å²) in [6.07, 6.45) is 0.424. The van der Waals surface area contributed by atoms with Gasteiger partial charge < -0.3 is 10.4 Å². The van der Waals surface area contributed by atoms with Gasteiger partial charge in [-0.15, -0.1) is 11.3 Å². The molecule has 1 atom stereocenters. The van der Waals surface area contributed by atoms with E-state index in [1.54, 1.807) is 0 Å². The molecule has 0 amide bonds. The molecule has 1 aliphatic heterocycles. The van der Waals surface area contributed by atoms with Crippen LogP contribution in [0.3, 0.4) is 0 Å². The number of halogens is 2. The molecule has 1 aromatic heterocycles. The first kappa shape index (κ1) is 18.9. The summed E-state index contributed by atoms with van der Waals surface area (Å²) in [7, 11) is -4.19. The number of nitrogens with one attached hydrogen (secondary N) is 2. The molecule has 0 fully saturated rings. The molecule has 140 valence electrons. The highest BCUT2D eigenvalue weighted by Gasteiger charge is 2.32. The smallest absolute Gasteiger partial charge is 0.338 e. The van der Waals surface area contributed by atoms with Crippen molar-refractivity contribution in [2.75, 3.05) is 6.54 Å². The van der Waals surface area contributed by atoms with Crippen LogP contribution >= 0.6 is 11.3 Å². The van der Waals surface area contributed by atoms with Crippen molar-refractivity contribution < 1.29 is 27.1 Å². The molecule has 1 aliphatic rings. The Kier molecular flexibility index (Phi) is 5.11. The Morgan fingerprint density at radius 2 is 1.96 bits per heavy atom. The van der Waals surface area contributed by atoms with Crippen LogP contribution in [-0.2, 0) is 23.0 Å². The summed E-state index contributed by atoms with van der Waals surface area (Å²) in [5.74, 6) is -2.96. The van der Waals surface area contributed by atoms with Crippen LogP contribution in [0.15, 0.2) is 22.4 Å². The Hall–Kier alpha value is -1.88. The number of carboxylic acid groups (broad SMARTS) is 1. The quantitative estimate of drug-likeness (QED) is 0.714. The minimum absolute atomic E-state index is 0.103. The number of fused-ring (bicyclic) bond motifs is 1. The maximum atomic E-state index is 13.4. The minimum atomic E-state index is -4.19. The first-order valence-electron chi connectivity index (χ1n) is 7.76. The van der Waals surface area contributed by atoms with E-state index >= 15 is 0 Å². The number of hydrogen-bond acceptors (Lipinski definition) is 5. The summed E-state index contributed by atoms with van der Waals surface area (Å²) in [5, 5.41) is 12.6. The molecule has 0 spiro atoms. The second-order valence-corrected chi connectivity index (χ2v) is 8.96. The first-order chi connectivity index (χ1) is 12.2. The van der Waals surface area contributed by atoms with E-state index in [1.165, 1.54) is 6.92 Å². The Bertz CT molecular complexity index is 953. The number of aromatic carboxylic acids is 1. The predicted molar refractivity (Wildman–Crippen MR) is 91.8 cm³/mol. The Morgan fingerprint density at radius 1 is 1.31 bits per heavy atom. The molecular weight excluding hydrogens is 386 g/mol. The van der Waals surface area contributed by atoms with E-state index < -0.39 is 33.7 Å². The van der Waals surface area contributed by atoms with Gasteiger partial charge in [-0.05, 0) is 43.1 Å². The standard InChI is InChI=1S/C16H16F2N2O4S2/c1-8(9-4-10(17)6-11(18)5-9)20-26(23,24)16-14(15(21)22)12-2-3-19-7-13(12)25-16/h4-6,8,19-20H,2-3,7H2,1H3,(H,21,22). The van der Waals surface area contributed by atoms with Gasteiger partial charge in [0.2, 0.25) is 0 Å². The molecule has 2 aromatic rings. The summed E-state index contributed by atoms with van der Waals surface area (Å²) in [6, 6.07) is 1.80. The van der Waals surface area contributed by atoms with Gasteiger partial charge in [0.05, 0.1) is 5.56 Å². The zero-order valence-electron chi connectivity index (χ0n) is 13.7. The van der Waals surface area contributed by atoms with Gasteiger partial charge in [-0.25, -0.2) is 26.7 Å². The van der Waals surface area contributed by atoms with Gasteiger partial charge in [0.15, 0.2) is 0 Å². The topological polar surface area (TPSA) is 95.5 Å². The van der Waals surface area contributed by atoms with Crippen LogP contribution in [0.25, 0.3) is 0 Å². The monoisotopic (exact) mass is 402 g/mol. The van der Waals surface area contributed by atoms with E-state index in [0.717, 1.165) is 23.5 Å². The second-order valence-electron chi connectivity index (χ2n) is 5.94. The number of sulfonamides is 1. The number of carbonyl (C=O) groups is 1. The molecule has 0 saturated carbocycles. The van der Waals surface area contributed by atoms with E-state index in [-0.39, 0.29) is 15.3 Å². The summed E-state index contributed by atoms with van der Waals surface area (Å²) >= 11 is 0.899. The molecule has 10 heteroatoms. The lowest BCUT2D eigenvalue weighted by Gasteiger charge is -2.15. The van der Waals surface area contributed by atoms with Crippen molar-refractivity contribution in [1.82, 2.24) is 10.0 Å². The fourth-order valence-electron chi connectivity index (χ4n) is 2.89. The molecule has 0 radical (unpaired) electrons. The van der Waals surface area contributed by atoms with Crippen LogP contribution < -0.4 is 10.0 Å². The second kappa shape index (κ2) is 7.03. The highest BCUT2D eigenvalue weighted by Crippen LogP contribution is 2.35. The van der Waals surface area contributed by atoms with Crippen molar-refractivity contribution in [3.63, 3.8) is 0 Å². The number of rotatable bonds is 5. The van der Waals surface area contributed by atoms with Crippen molar-refractivity contribution >= 4 is 27.3 Å². The molecule has 1 aromatic carbocycles. The van der Waals surface area contributed by atoms with Crippen molar-refractivity contribution in [1.29, 1.82) is 0 Å². The third-order valence-corrected chi connectivity index (χ3v) is 7.36. The third kappa shape index (κ3) is 3.63. The van der Waals surface area contributed by atoms with Crippen molar-refractivity contribution in [2.45, 2.75) is 30.1 Å². The van der Waals surface area contributed by atoms with Gasteiger partial charge in [0.1, 0.15) is 15.8 Å². The number of carboxylic acids is 1. The summed E-state index contributed by atoms with van der Waals surface area (Å²) in [4.78, 5) is 12.3. The Balaban J connectivity index is 1.98. The summed E-state index contributed by atoms with van der Waals surface area (Å²) < 4.78 is 54.3. The molecule has 3 rings (SSSR count). The maximum absolute atomic E-state index is 13.4. The minimum Gasteiger partial charge on any atom is -0.478 e. The van der Waals surface area contributed by atoms with E-state index in [1.807, 2.05) is 0 Å². The first-order valence-corrected chi connectivity index (χ1v) is 10.1. The highest BCUT2D eigenvalue weighted by atomic mass is 32.2. The van der Waals surface area contributed by atoms with Crippen molar-refractivity contribution in [2.24, 2.45) is 0 Å². The zero-order valence-corrected chi connectivity index (χ0v) is 15.3. The van der Waals surface area contributed by atoms with Crippen molar-refractivity contribution in [3.05, 3.63) is 51.4 Å². The van der Waals surface area contributed by atoms with Gasteiger partial charge in [0.25, 0.3) is 10.0 Å². The van der Waals surface area contributed by atoms with Gasteiger partial charge in [0, 0.05) is 23.5 Å². The van der Waals surface area contributed by atoms with Crippen LogP contribution in [-0.4, -0.2) is 26.0 Å². The van der Waals surface area contributed by atoms with Crippen LogP contribution in [0.5, 0.6) is 0 Å².